The van der Waals surface area contributed by atoms with Crippen LogP contribution in [0.25, 0.3) is 0 Å². The Hall–Kier alpha value is -1.31. The molecule has 20 heavy (non-hydrogen) atoms. The lowest BCUT2D eigenvalue weighted by Gasteiger charge is -2.18. The van der Waals surface area contributed by atoms with Gasteiger partial charge in [-0.1, -0.05) is 0 Å². The minimum atomic E-state index is -3.49. The number of fused-ring (bicyclic) bond motifs is 1. The van der Waals surface area contributed by atoms with E-state index in [1.54, 1.807) is 19.1 Å². The number of rotatable bonds is 3. The van der Waals surface area contributed by atoms with Crippen molar-refractivity contribution in [2.45, 2.75) is 18.2 Å². The second-order valence-corrected chi connectivity index (χ2v) is 7.13. The highest BCUT2D eigenvalue weighted by Gasteiger charge is 2.34. The van der Waals surface area contributed by atoms with Crippen LogP contribution in [0.1, 0.15) is 12.0 Å². The molecular formula is C13H18N2O4S. The quantitative estimate of drug-likeness (QED) is 0.888. The van der Waals surface area contributed by atoms with Gasteiger partial charge in [-0.05, 0) is 37.4 Å². The monoisotopic (exact) mass is 298 g/mol. The van der Waals surface area contributed by atoms with Gasteiger partial charge < -0.3 is 15.2 Å². The molecule has 0 amide bonds. The lowest BCUT2D eigenvalue weighted by Crippen LogP contribution is -2.30. The van der Waals surface area contributed by atoms with E-state index in [1.165, 1.54) is 4.31 Å². The molecule has 7 heteroatoms. The summed E-state index contributed by atoms with van der Waals surface area (Å²) in [6.07, 6.45) is 0.819. The van der Waals surface area contributed by atoms with Gasteiger partial charge in [0.1, 0.15) is 0 Å². The number of ether oxygens (including phenoxy) is 2. The minimum absolute atomic E-state index is 0.136. The number of aryl methyl sites for hydroxylation is 1. The summed E-state index contributed by atoms with van der Waals surface area (Å²) in [6.45, 7) is 3.44. The lowest BCUT2D eigenvalue weighted by molar-refractivity contribution is 0.174. The number of sulfonamides is 1. The Morgan fingerprint density at radius 2 is 2.05 bits per heavy atom. The maximum absolute atomic E-state index is 12.7. The number of benzene rings is 1. The fraction of sp³-hybridized carbons (Fsp3) is 0.538. The van der Waals surface area contributed by atoms with E-state index in [-0.39, 0.29) is 12.7 Å². The first-order valence-electron chi connectivity index (χ1n) is 6.63. The van der Waals surface area contributed by atoms with Crippen LogP contribution in [0.4, 0.5) is 0 Å². The first kappa shape index (κ1) is 13.7. The molecule has 2 N–H and O–H groups in total. The molecule has 2 aliphatic rings. The van der Waals surface area contributed by atoms with Crippen LogP contribution in [0.15, 0.2) is 17.0 Å². The van der Waals surface area contributed by atoms with Crippen LogP contribution in [0.3, 0.4) is 0 Å². The Morgan fingerprint density at radius 1 is 1.35 bits per heavy atom. The third kappa shape index (κ3) is 2.15. The largest absolute Gasteiger partial charge is 0.454 e. The zero-order valence-electron chi connectivity index (χ0n) is 11.3. The van der Waals surface area contributed by atoms with Gasteiger partial charge in [0.25, 0.3) is 0 Å². The zero-order valence-corrected chi connectivity index (χ0v) is 12.1. The van der Waals surface area contributed by atoms with Crippen LogP contribution < -0.4 is 15.2 Å². The Kier molecular flexibility index (Phi) is 3.35. The zero-order chi connectivity index (χ0) is 14.3. The molecule has 1 aromatic carbocycles. The van der Waals surface area contributed by atoms with Gasteiger partial charge in [0.15, 0.2) is 11.5 Å². The molecule has 0 aliphatic carbocycles. The van der Waals surface area contributed by atoms with Crippen LogP contribution in [-0.4, -0.2) is 39.2 Å². The van der Waals surface area contributed by atoms with Crippen molar-refractivity contribution >= 4 is 10.0 Å². The molecule has 2 heterocycles. The van der Waals surface area contributed by atoms with E-state index >= 15 is 0 Å². The summed E-state index contributed by atoms with van der Waals surface area (Å²) in [5.74, 6) is 1.34. The van der Waals surface area contributed by atoms with Crippen LogP contribution in [0, 0.1) is 12.8 Å². The highest BCUT2D eigenvalue weighted by Crippen LogP contribution is 2.37. The van der Waals surface area contributed by atoms with Crippen LogP contribution in [0.2, 0.25) is 0 Å². The summed E-state index contributed by atoms with van der Waals surface area (Å²) < 4.78 is 37.4. The molecule has 110 valence electrons. The predicted molar refractivity (Wildman–Crippen MR) is 73.2 cm³/mol. The fourth-order valence-electron chi connectivity index (χ4n) is 2.65. The molecule has 6 nitrogen and oxygen atoms in total. The van der Waals surface area contributed by atoms with Crippen LogP contribution in [-0.2, 0) is 10.0 Å². The third-order valence-corrected chi connectivity index (χ3v) is 5.88. The van der Waals surface area contributed by atoms with Gasteiger partial charge in [0.2, 0.25) is 16.8 Å². The smallest absolute Gasteiger partial charge is 0.243 e. The molecule has 0 aromatic heterocycles. The summed E-state index contributed by atoms with van der Waals surface area (Å²) in [7, 11) is -3.49. The minimum Gasteiger partial charge on any atom is -0.454 e. The maximum Gasteiger partial charge on any atom is 0.243 e. The highest BCUT2D eigenvalue weighted by molar-refractivity contribution is 7.89. The normalized spacial score (nSPS) is 22.4. The van der Waals surface area contributed by atoms with Crippen molar-refractivity contribution in [3.05, 3.63) is 17.7 Å². The van der Waals surface area contributed by atoms with Crippen LogP contribution >= 0.6 is 0 Å². The van der Waals surface area contributed by atoms with Crippen molar-refractivity contribution in [3.8, 4) is 11.5 Å². The molecule has 1 fully saturated rings. The summed E-state index contributed by atoms with van der Waals surface area (Å²) in [5, 5.41) is 0. The van der Waals surface area contributed by atoms with Crippen molar-refractivity contribution in [2.75, 3.05) is 26.4 Å². The Balaban J connectivity index is 1.96. The van der Waals surface area contributed by atoms with E-state index in [2.05, 4.69) is 0 Å². The van der Waals surface area contributed by atoms with E-state index in [0.717, 1.165) is 6.42 Å². The first-order valence-corrected chi connectivity index (χ1v) is 8.07. The molecule has 1 unspecified atom stereocenters. The molecule has 0 bridgehead atoms. The number of hydrogen-bond donors (Lipinski definition) is 1. The summed E-state index contributed by atoms with van der Waals surface area (Å²) >= 11 is 0. The summed E-state index contributed by atoms with van der Waals surface area (Å²) in [6, 6.07) is 3.27. The second-order valence-electron chi connectivity index (χ2n) is 5.22. The number of hydrogen-bond acceptors (Lipinski definition) is 5. The summed E-state index contributed by atoms with van der Waals surface area (Å²) in [4.78, 5) is 0.291. The fourth-order valence-corrected chi connectivity index (χ4v) is 4.40. The lowest BCUT2D eigenvalue weighted by atomic mass is 10.1. The average Bonchev–Trinajstić information content (AvgIpc) is 3.05. The third-order valence-electron chi connectivity index (χ3n) is 3.87. The number of nitrogens with zero attached hydrogens (tertiary/aromatic N) is 1. The van der Waals surface area contributed by atoms with Gasteiger partial charge in [0.05, 0.1) is 4.90 Å². The van der Waals surface area contributed by atoms with Crippen molar-refractivity contribution in [1.82, 2.24) is 4.31 Å². The van der Waals surface area contributed by atoms with E-state index in [9.17, 15) is 8.42 Å². The maximum atomic E-state index is 12.7. The highest BCUT2D eigenvalue weighted by atomic mass is 32.2. The average molecular weight is 298 g/mol. The van der Waals surface area contributed by atoms with Crippen molar-refractivity contribution < 1.29 is 17.9 Å². The molecule has 0 saturated carbocycles. The summed E-state index contributed by atoms with van der Waals surface area (Å²) in [5.41, 5.74) is 6.30. The molecular weight excluding hydrogens is 280 g/mol. The van der Waals surface area contributed by atoms with Gasteiger partial charge in [-0.3, -0.25) is 0 Å². The topological polar surface area (TPSA) is 81.9 Å². The molecule has 0 radical (unpaired) electrons. The van der Waals surface area contributed by atoms with Crippen LogP contribution in [0.5, 0.6) is 11.5 Å². The molecule has 0 spiro atoms. The predicted octanol–water partition coefficient (Wildman–Crippen LogP) is 0.693. The molecule has 1 aromatic rings. The van der Waals surface area contributed by atoms with Crippen molar-refractivity contribution in [3.63, 3.8) is 0 Å². The standard InChI is InChI=1S/C13H18N2O4S/c1-9-4-11-12(19-8-18-11)5-13(9)20(16,17)15-3-2-10(6-14)7-15/h4-5,10H,2-3,6-8,14H2,1H3. The molecule has 2 aliphatic heterocycles. The SMILES string of the molecule is Cc1cc2c(cc1S(=O)(=O)N1CCC(CN)C1)OCO2. The Bertz CT molecular complexity index is 630. The van der Waals surface area contributed by atoms with E-state index in [4.69, 9.17) is 15.2 Å². The Morgan fingerprint density at radius 3 is 2.70 bits per heavy atom. The van der Waals surface area contributed by atoms with Gasteiger partial charge in [0, 0.05) is 19.2 Å². The van der Waals surface area contributed by atoms with Crippen molar-refractivity contribution in [2.24, 2.45) is 11.7 Å². The van der Waals surface area contributed by atoms with Gasteiger partial charge in [-0.25, -0.2) is 8.42 Å². The second kappa shape index (κ2) is 4.91. The molecule has 3 rings (SSSR count). The van der Waals surface area contributed by atoms with E-state index in [0.29, 0.717) is 41.6 Å². The van der Waals surface area contributed by atoms with E-state index < -0.39 is 10.0 Å². The van der Waals surface area contributed by atoms with Gasteiger partial charge in [-0.15, -0.1) is 0 Å². The van der Waals surface area contributed by atoms with Gasteiger partial charge >= 0.3 is 0 Å². The number of nitrogens with two attached hydrogens (primary N) is 1. The van der Waals surface area contributed by atoms with E-state index in [1.807, 2.05) is 0 Å². The van der Waals surface area contributed by atoms with Crippen molar-refractivity contribution in [1.29, 1.82) is 0 Å². The Labute approximate surface area is 118 Å². The molecule has 1 saturated heterocycles. The molecule has 1 atom stereocenters. The van der Waals surface area contributed by atoms with Gasteiger partial charge in [-0.2, -0.15) is 4.31 Å². The first-order chi connectivity index (χ1) is 9.52.